The molecule has 8 heteroatoms. The van der Waals surface area contributed by atoms with Crippen LogP contribution in [0.2, 0.25) is 0 Å². The molecule has 2 aromatic rings. The number of benzene rings is 2. The van der Waals surface area contributed by atoms with E-state index in [4.69, 9.17) is 0 Å². The summed E-state index contributed by atoms with van der Waals surface area (Å²) < 4.78 is 0. The molecule has 0 aliphatic carbocycles. The molecule has 0 bridgehead atoms. The molecule has 0 aliphatic rings. The lowest BCUT2D eigenvalue weighted by atomic mass is 10.1. The monoisotopic (exact) mass is 384 g/mol. The first-order valence-corrected chi connectivity index (χ1v) is 9.00. The molecule has 0 saturated heterocycles. The molecular formula is C20H24N4O4. The normalized spacial score (nSPS) is 10.5. The Balaban J connectivity index is 1.83. The first-order valence-electron chi connectivity index (χ1n) is 9.00. The molecule has 0 radical (unpaired) electrons. The minimum atomic E-state index is -0.421. The van der Waals surface area contributed by atoms with Crippen molar-refractivity contribution < 1.29 is 14.5 Å². The molecule has 148 valence electrons. The lowest BCUT2D eigenvalue weighted by Gasteiger charge is -2.20. The van der Waals surface area contributed by atoms with Crippen LogP contribution in [-0.4, -0.2) is 41.3 Å². The fourth-order valence-corrected chi connectivity index (χ4v) is 2.66. The van der Waals surface area contributed by atoms with E-state index in [1.807, 2.05) is 11.8 Å². The summed E-state index contributed by atoms with van der Waals surface area (Å²) in [5.41, 5.74) is 2.38. The Morgan fingerprint density at radius 3 is 2.07 bits per heavy atom. The highest BCUT2D eigenvalue weighted by Gasteiger charge is 2.10. The van der Waals surface area contributed by atoms with Gasteiger partial charge in [-0.3, -0.25) is 24.6 Å². The molecule has 0 atom stereocenters. The molecule has 0 fully saturated rings. The van der Waals surface area contributed by atoms with E-state index in [2.05, 4.69) is 10.6 Å². The third kappa shape index (κ3) is 6.81. The SMILES string of the molecule is CCN(CCc1ccc([N+](=O)[O-])cc1)CC(=O)Nc1ccc(NC(C)=O)cc1. The van der Waals surface area contributed by atoms with Crippen LogP contribution < -0.4 is 10.6 Å². The molecule has 2 N–H and O–H groups in total. The maximum Gasteiger partial charge on any atom is 0.269 e. The maximum absolute atomic E-state index is 12.3. The topological polar surface area (TPSA) is 105 Å². The van der Waals surface area contributed by atoms with Crippen LogP contribution in [-0.2, 0) is 16.0 Å². The number of hydrogen-bond donors (Lipinski definition) is 2. The summed E-state index contributed by atoms with van der Waals surface area (Å²) in [5.74, 6) is -0.277. The number of rotatable bonds is 9. The first kappa shape index (κ1) is 21.0. The van der Waals surface area contributed by atoms with Gasteiger partial charge in [0.25, 0.3) is 5.69 Å². The van der Waals surface area contributed by atoms with Gasteiger partial charge in [-0.15, -0.1) is 0 Å². The van der Waals surface area contributed by atoms with E-state index in [-0.39, 0.29) is 24.0 Å². The molecule has 0 spiro atoms. The third-order valence-corrected chi connectivity index (χ3v) is 4.17. The fraction of sp³-hybridized carbons (Fsp3) is 0.300. The molecule has 2 aromatic carbocycles. The summed E-state index contributed by atoms with van der Waals surface area (Å²) in [4.78, 5) is 35.6. The summed E-state index contributed by atoms with van der Waals surface area (Å²) >= 11 is 0. The average molecular weight is 384 g/mol. The zero-order chi connectivity index (χ0) is 20.5. The predicted molar refractivity (Wildman–Crippen MR) is 108 cm³/mol. The number of amides is 2. The van der Waals surface area contributed by atoms with Crippen LogP contribution in [0.1, 0.15) is 19.4 Å². The highest BCUT2D eigenvalue weighted by atomic mass is 16.6. The molecular weight excluding hydrogens is 360 g/mol. The standard InChI is InChI=1S/C20H24N4O4/c1-3-23(13-12-16-4-10-19(11-5-16)24(27)28)14-20(26)22-18-8-6-17(7-9-18)21-15(2)25/h4-11H,3,12-14H2,1-2H3,(H,21,25)(H,22,26). The Morgan fingerprint density at radius 1 is 1.00 bits per heavy atom. The van der Waals surface area contributed by atoms with Gasteiger partial charge < -0.3 is 10.6 Å². The van der Waals surface area contributed by atoms with Crippen molar-refractivity contribution in [2.24, 2.45) is 0 Å². The van der Waals surface area contributed by atoms with Gasteiger partial charge in [-0.25, -0.2) is 0 Å². The summed E-state index contributed by atoms with van der Waals surface area (Å²) in [6.07, 6.45) is 0.699. The number of nitrogens with zero attached hydrogens (tertiary/aromatic N) is 2. The minimum absolute atomic E-state index is 0.0694. The number of nitro benzene ring substituents is 1. The summed E-state index contributed by atoms with van der Waals surface area (Å²) in [7, 11) is 0. The van der Waals surface area contributed by atoms with E-state index < -0.39 is 4.92 Å². The number of likely N-dealkylation sites (N-methyl/N-ethyl adjacent to an activating group) is 1. The van der Waals surface area contributed by atoms with Gasteiger partial charge in [0.2, 0.25) is 11.8 Å². The van der Waals surface area contributed by atoms with Crippen LogP contribution in [0.3, 0.4) is 0 Å². The molecule has 2 amide bonds. The maximum atomic E-state index is 12.3. The predicted octanol–water partition coefficient (Wildman–Crippen LogP) is 3.06. The Morgan fingerprint density at radius 2 is 1.57 bits per heavy atom. The molecule has 0 aliphatic heterocycles. The lowest BCUT2D eigenvalue weighted by molar-refractivity contribution is -0.384. The summed E-state index contributed by atoms with van der Waals surface area (Å²) in [6.45, 7) is 5.04. The van der Waals surface area contributed by atoms with Crippen LogP contribution in [0.5, 0.6) is 0 Å². The molecule has 0 saturated carbocycles. The van der Waals surface area contributed by atoms with Crippen molar-refractivity contribution in [2.45, 2.75) is 20.3 Å². The second-order valence-corrected chi connectivity index (χ2v) is 6.35. The van der Waals surface area contributed by atoms with Crippen molar-refractivity contribution in [3.05, 3.63) is 64.2 Å². The minimum Gasteiger partial charge on any atom is -0.326 e. The first-order chi connectivity index (χ1) is 13.4. The summed E-state index contributed by atoms with van der Waals surface area (Å²) in [5, 5.41) is 16.2. The van der Waals surface area contributed by atoms with Gasteiger partial charge in [0.1, 0.15) is 0 Å². The van der Waals surface area contributed by atoms with Gasteiger partial charge >= 0.3 is 0 Å². The van der Waals surface area contributed by atoms with Crippen LogP contribution in [0.4, 0.5) is 17.1 Å². The van der Waals surface area contributed by atoms with Crippen molar-refractivity contribution in [2.75, 3.05) is 30.3 Å². The largest absolute Gasteiger partial charge is 0.326 e. The highest BCUT2D eigenvalue weighted by Crippen LogP contribution is 2.14. The molecule has 2 rings (SSSR count). The van der Waals surface area contributed by atoms with Gasteiger partial charge in [-0.1, -0.05) is 19.1 Å². The quantitative estimate of drug-likeness (QED) is 0.511. The van der Waals surface area contributed by atoms with Gasteiger partial charge in [-0.05, 0) is 42.8 Å². The van der Waals surface area contributed by atoms with Crippen molar-refractivity contribution in [3.63, 3.8) is 0 Å². The van der Waals surface area contributed by atoms with E-state index >= 15 is 0 Å². The van der Waals surface area contributed by atoms with Gasteiger partial charge in [0.05, 0.1) is 11.5 Å². The van der Waals surface area contributed by atoms with E-state index in [1.165, 1.54) is 19.1 Å². The fourth-order valence-electron chi connectivity index (χ4n) is 2.66. The molecule has 0 unspecified atom stereocenters. The van der Waals surface area contributed by atoms with E-state index in [0.29, 0.717) is 30.9 Å². The second-order valence-electron chi connectivity index (χ2n) is 6.35. The number of nitrogens with one attached hydrogen (secondary N) is 2. The van der Waals surface area contributed by atoms with Crippen molar-refractivity contribution in [1.29, 1.82) is 0 Å². The average Bonchev–Trinajstić information content (AvgIpc) is 2.66. The van der Waals surface area contributed by atoms with Crippen LogP contribution in [0, 0.1) is 10.1 Å². The van der Waals surface area contributed by atoms with E-state index in [9.17, 15) is 19.7 Å². The number of nitro groups is 1. The number of hydrogen-bond acceptors (Lipinski definition) is 5. The van der Waals surface area contributed by atoms with Crippen molar-refractivity contribution in [1.82, 2.24) is 4.90 Å². The van der Waals surface area contributed by atoms with Crippen LogP contribution in [0.25, 0.3) is 0 Å². The molecule has 0 heterocycles. The lowest BCUT2D eigenvalue weighted by Crippen LogP contribution is -2.34. The molecule has 0 aromatic heterocycles. The zero-order valence-corrected chi connectivity index (χ0v) is 16.0. The number of anilines is 2. The Bertz CT molecular complexity index is 819. The number of carbonyl (C=O) groups is 2. The Labute approximate surface area is 163 Å². The van der Waals surface area contributed by atoms with E-state index in [0.717, 1.165) is 5.56 Å². The summed E-state index contributed by atoms with van der Waals surface area (Å²) in [6, 6.07) is 13.4. The van der Waals surface area contributed by atoms with Crippen molar-refractivity contribution in [3.8, 4) is 0 Å². The van der Waals surface area contributed by atoms with Gasteiger partial charge in [-0.2, -0.15) is 0 Å². The zero-order valence-electron chi connectivity index (χ0n) is 16.0. The van der Waals surface area contributed by atoms with Crippen LogP contribution >= 0.6 is 0 Å². The number of carbonyl (C=O) groups excluding carboxylic acids is 2. The molecule has 28 heavy (non-hydrogen) atoms. The highest BCUT2D eigenvalue weighted by molar-refractivity contribution is 5.93. The third-order valence-electron chi connectivity index (χ3n) is 4.17. The Hall–Kier alpha value is -3.26. The van der Waals surface area contributed by atoms with Crippen molar-refractivity contribution >= 4 is 28.9 Å². The van der Waals surface area contributed by atoms with Gasteiger partial charge in [0, 0.05) is 37.0 Å². The smallest absolute Gasteiger partial charge is 0.269 e. The van der Waals surface area contributed by atoms with Crippen LogP contribution in [0.15, 0.2) is 48.5 Å². The number of non-ortho nitro benzene ring substituents is 1. The van der Waals surface area contributed by atoms with E-state index in [1.54, 1.807) is 36.4 Å². The molecule has 8 nitrogen and oxygen atoms in total. The Kier molecular flexibility index (Phi) is 7.65. The second kappa shape index (κ2) is 10.2. The van der Waals surface area contributed by atoms with Gasteiger partial charge in [0.15, 0.2) is 0 Å².